The van der Waals surface area contributed by atoms with Crippen molar-refractivity contribution in [2.45, 2.75) is 46.0 Å². The predicted molar refractivity (Wildman–Crippen MR) is 83.2 cm³/mol. The summed E-state index contributed by atoms with van der Waals surface area (Å²) in [6, 6.07) is 8.25. The lowest BCUT2D eigenvalue weighted by Gasteiger charge is -2.26. The molecule has 2 N–H and O–H groups in total. The Balaban J connectivity index is 1.77. The first-order valence-corrected chi connectivity index (χ1v) is 7.75. The van der Waals surface area contributed by atoms with Gasteiger partial charge in [0.25, 0.3) is 0 Å². The molecule has 0 unspecified atom stereocenters. The summed E-state index contributed by atoms with van der Waals surface area (Å²) in [5.74, 6) is 0. The average Bonchev–Trinajstić information content (AvgIpc) is 2.85. The molecule has 19 heavy (non-hydrogen) atoms. The number of likely N-dealkylation sites (tertiary alicyclic amines) is 1. The van der Waals surface area contributed by atoms with Crippen LogP contribution in [0.3, 0.4) is 0 Å². The fourth-order valence-corrected chi connectivity index (χ4v) is 3.30. The number of hydrogen-bond acceptors (Lipinski definition) is 2. The molecule has 0 bridgehead atoms. The van der Waals surface area contributed by atoms with E-state index < -0.39 is 0 Å². The van der Waals surface area contributed by atoms with E-state index in [-0.39, 0.29) is 0 Å². The van der Waals surface area contributed by atoms with Gasteiger partial charge in [-0.2, -0.15) is 0 Å². The number of nitrogens with zero attached hydrogens (tertiary/aromatic N) is 1. The van der Waals surface area contributed by atoms with Gasteiger partial charge in [0.2, 0.25) is 0 Å². The molecule has 1 fully saturated rings. The number of rotatable bonds is 6. The number of nitrogen functional groups attached to an aromatic ring is 1. The molecule has 0 amide bonds. The van der Waals surface area contributed by atoms with Crippen molar-refractivity contribution >= 4 is 5.69 Å². The summed E-state index contributed by atoms with van der Waals surface area (Å²) >= 11 is 0. The first-order chi connectivity index (χ1) is 9.19. The molecule has 0 spiro atoms. The van der Waals surface area contributed by atoms with Crippen LogP contribution in [-0.2, 0) is 6.42 Å². The van der Waals surface area contributed by atoms with E-state index in [9.17, 15) is 0 Å². The molecule has 0 aliphatic carbocycles. The average molecular weight is 260 g/mol. The molecule has 0 saturated carbocycles. The van der Waals surface area contributed by atoms with Gasteiger partial charge in [-0.15, -0.1) is 0 Å². The van der Waals surface area contributed by atoms with Crippen LogP contribution in [0, 0.1) is 5.41 Å². The van der Waals surface area contributed by atoms with Crippen molar-refractivity contribution in [2.75, 3.05) is 25.4 Å². The Labute approximate surface area is 118 Å². The minimum absolute atomic E-state index is 0.603. The van der Waals surface area contributed by atoms with Crippen LogP contribution < -0.4 is 5.73 Å². The summed E-state index contributed by atoms with van der Waals surface area (Å²) in [5, 5.41) is 0. The van der Waals surface area contributed by atoms with Crippen molar-refractivity contribution in [3.05, 3.63) is 29.8 Å². The normalized spacial score (nSPS) is 18.8. The maximum absolute atomic E-state index is 5.99. The molecule has 1 aliphatic heterocycles. The van der Waals surface area contributed by atoms with Gasteiger partial charge in [-0.1, -0.05) is 32.0 Å². The van der Waals surface area contributed by atoms with Crippen molar-refractivity contribution in [2.24, 2.45) is 5.41 Å². The molecule has 0 atom stereocenters. The molecule has 2 heteroatoms. The topological polar surface area (TPSA) is 29.3 Å². The van der Waals surface area contributed by atoms with Crippen LogP contribution in [0.1, 0.15) is 45.1 Å². The Kier molecular flexibility index (Phi) is 4.87. The lowest BCUT2D eigenvalue weighted by atomic mass is 9.82. The van der Waals surface area contributed by atoms with Crippen molar-refractivity contribution in [1.82, 2.24) is 4.90 Å². The number of benzene rings is 1. The first kappa shape index (κ1) is 14.4. The van der Waals surface area contributed by atoms with Gasteiger partial charge >= 0.3 is 0 Å². The minimum atomic E-state index is 0.603. The highest BCUT2D eigenvalue weighted by Crippen LogP contribution is 2.36. The molecule has 1 aromatic rings. The second kappa shape index (κ2) is 6.42. The van der Waals surface area contributed by atoms with Crippen LogP contribution >= 0.6 is 0 Å². The highest BCUT2D eigenvalue weighted by molar-refractivity contribution is 5.46. The van der Waals surface area contributed by atoms with Crippen LogP contribution in [-0.4, -0.2) is 24.5 Å². The number of nitrogens with two attached hydrogens (primary N) is 1. The Morgan fingerprint density at radius 2 is 1.95 bits per heavy atom. The molecule has 1 saturated heterocycles. The molecule has 0 radical (unpaired) electrons. The zero-order valence-corrected chi connectivity index (χ0v) is 12.5. The molecule has 2 rings (SSSR count). The third kappa shape index (κ3) is 3.50. The Hall–Kier alpha value is -1.02. The largest absolute Gasteiger partial charge is 0.399 e. The number of aryl methyl sites for hydroxylation is 1. The van der Waals surface area contributed by atoms with Gasteiger partial charge in [0, 0.05) is 12.2 Å². The van der Waals surface area contributed by atoms with E-state index in [1.165, 1.54) is 50.9 Å². The smallest absolute Gasteiger partial charge is 0.0346 e. The minimum Gasteiger partial charge on any atom is -0.399 e. The maximum atomic E-state index is 5.99. The van der Waals surface area contributed by atoms with Gasteiger partial charge < -0.3 is 10.6 Å². The van der Waals surface area contributed by atoms with Crippen molar-refractivity contribution < 1.29 is 0 Å². The Bertz CT molecular complexity index is 396. The highest BCUT2D eigenvalue weighted by atomic mass is 15.2. The second-order valence-corrected chi connectivity index (χ2v) is 6.04. The Morgan fingerprint density at radius 1 is 1.21 bits per heavy atom. The van der Waals surface area contributed by atoms with E-state index in [2.05, 4.69) is 30.9 Å². The molecule has 1 aromatic carbocycles. The number of hydrogen-bond donors (Lipinski definition) is 1. The van der Waals surface area contributed by atoms with Crippen molar-refractivity contribution in [3.63, 3.8) is 0 Å². The zero-order chi connectivity index (χ0) is 13.7. The van der Waals surface area contributed by atoms with E-state index in [1.54, 1.807) is 0 Å². The van der Waals surface area contributed by atoms with Crippen molar-refractivity contribution in [3.8, 4) is 0 Å². The molecule has 1 heterocycles. The standard InChI is InChI=1S/C17H28N2/c1-3-17(4-2)11-13-19(14-17)12-7-9-15-8-5-6-10-16(15)18/h5-6,8,10H,3-4,7,9,11-14,18H2,1-2H3. The first-order valence-electron chi connectivity index (χ1n) is 7.75. The fourth-order valence-electron chi connectivity index (χ4n) is 3.30. The highest BCUT2D eigenvalue weighted by Gasteiger charge is 2.34. The predicted octanol–water partition coefficient (Wildman–Crippen LogP) is 3.71. The van der Waals surface area contributed by atoms with E-state index in [0.717, 1.165) is 12.1 Å². The van der Waals surface area contributed by atoms with Crippen LogP contribution in [0.15, 0.2) is 24.3 Å². The molecular weight excluding hydrogens is 232 g/mol. The van der Waals surface area contributed by atoms with Gasteiger partial charge in [-0.25, -0.2) is 0 Å². The van der Waals surface area contributed by atoms with Gasteiger partial charge in [0.15, 0.2) is 0 Å². The summed E-state index contributed by atoms with van der Waals surface area (Å²) in [4.78, 5) is 2.64. The summed E-state index contributed by atoms with van der Waals surface area (Å²) in [7, 11) is 0. The SMILES string of the molecule is CCC1(CC)CCN(CCCc2ccccc2N)C1. The second-order valence-electron chi connectivity index (χ2n) is 6.04. The van der Waals surface area contributed by atoms with Gasteiger partial charge in [-0.05, 0) is 62.2 Å². The number of para-hydroxylation sites is 1. The Morgan fingerprint density at radius 3 is 2.58 bits per heavy atom. The summed E-state index contributed by atoms with van der Waals surface area (Å²) < 4.78 is 0. The lowest BCUT2D eigenvalue weighted by molar-refractivity contribution is 0.239. The van der Waals surface area contributed by atoms with Gasteiger partial charge in [0.1, 0.15) is 0 Å². The number of anilines is 1. The van der Waals surface area contributed by atoms with Crippen LogP contribution in [0.4, 0.5) is 5.69 Å². The summed E-state index contributed by atoms with van der Waals surface area (Å²) in [6.45, 7) is 8.49. The van der Waals surface area contributed by atoms with E-state index >= 15 is 0 Å². The maximum Gasteiger partial charge on any atom is 0.0346 e. The molecule has 106 valence electrons. The fraction of sp³-hybridized carbons (Fsp3) is 0.647. The van der Waals surface area contributed by atoms with E-state index in [4.69, 9.17) is 5.73 Å². The third-order valence-corrected chi connectivity index (χ3v) is 4.99. The van der Waals surface area contributed by atoms with Crippen LogP contribution in [0.2, 0.25) is 0 Å². The van der Waals surface area contributed by atoms with Crippen LogP contribution in [0.5, 0.6) is 0 Å². The van der Waals surface area contributed by atoms with Crippen molar-refractivity contribution in [1.29, 1.82) is 0 Å². The van der Waals surface area contributed by atoms with Crippen LogP contribution in [0.25, 0.3) is 0 Å². The van der Waals surface area contributed by atoms with E-state index in [0.29, 0.717) is 5.41 Å². The quantitative estimate of drug-likeness (QED) is 0.790. The molecule has 2 nitrogen and oxygen atoms in total. The third-order valence-electron chi connectivity index (χ3n) is 4.99. The summed E-state index contributed by atoms with van der Waals surface area (Å²) in [5.41, 5.74) is 8.84. The molecule has 0 aromatic heterocycles. The molecular formula is C17H28N2. The summed E-state index contributed by atoms with van der Waals surface area (Å²) in [6.07, 6.45) is 6.36. The monoisotopic (exact) mass is 260 g/mol. The molecule has 1 aliphatic rings. The zero-order valence-electron chi connectivity index (χ0n) is 12.5. The van der Waals surface area contributed by atoms with Gasteiger partial charge in [0.05, 0.1) is 0 Å². The van der Waals surface area contributed by atoms with Gasteiger partial charge in [-0.3, -0.25) is 0 Å². The lowest BCUT2D eigenvalue weighted by Crippen LogP contribution is -2.27. The van der Waals surface area contributed by atoms with E-state index in [1.807, 2.05) is 12.1 Å².